The fraction of sp³-hybridized carbons (Fsp3) is 0.269. The van der Waals surface area contributed by atoms with Crippen LogP contribution in [0.3, 0.4) is 0 Å². The van der Waals surface area contributed by atoms with E-state index in [0.717, 1.165) is 4.57 Å². The molecular formula is C26H26ClN3O5. The molecule has 2 aromatic heterocycles. The molecule has 0 bridgehead atoms. The summed E-state index contributed by atoms with van der Waals surface area (Å²) in [6, 6.07) is 15.5. The van der Waals surface area contributed by atoms with E-state index in [-0.39, 0.29) is 30.1 Å². The van der Waals surface area contributed by atoms with Crippen molar-refractivity contribution in [2.75, 3.05) is 11.9 Å². The summed E-state index contributed by atoms with van der Waals surface area (Å²) in [5, 5.41) is 3.21. The van der Waals surface area contributed by atoms with Crippen LogP contribution in [0, 0.1) is 6.92 Å². The van der Waals surface area contributed by atoms with Gasteiger partial charge < -0.3 is 19.3 Å². The summed E-state index contributed by atoms with van der Waals surface area (Å²) in [5.41, 5.74) is 2.08. The first kappa shape index (κ1) is 24.3. The van der Waals surface area contributed by atoms with Crippen LogP contribution < -0.4 is 20.3 Å². The molecule has 9 heteroatoms. The molecule has 2 heterocycles. The number of hydrogen-bond acceptors (Lipinski definition) is 6. The van der Waals surface area contributed by atoms with Gasteiger partial charge in [0.25, 0.3) is 11.5 Å². The maximum atomic E-state index is 12.5. The summed E-state index contributed by atoms with van der Waals surface area (Å²) in [6.07, 6.45) is 0. The number of benzene rings is 2. The first-order valence-corrected chi connectivity index (χ1v) is 11.4. The second kappa shape index (κ2) is 9.84. The number of amides is 1. The van der Waals surface area contributed by atoms with Gasteiger partial charge in [-0.2, -0.15) is 0 Å². The summed E-state index contributed by atoms with van der Waals surface area (Å²) in [5.74, 6) is 1.15. The third kappa shape index (κ3) is 6.02. The topological polar surface area (TPSA) is 95.1 Å². The minimum absolute atomic E-state index is 0.00416. The minimum atomic E-state index is -0.358. The van der Waals surface area contributed by atoms with Gasteiger partial charge in [0, 0.05) is 23.2 Å². The SMILES string of the molecule is Cc1cc2nc(COc3cc(Cl)ccc3NC(=O)COc3ccc(C(C)(C)C)cc3)cc(=O)n2o1. The fourth-order valence-corrected chi connectivity index (χ4v) is 3.57. The molecule has 4 aromatic rings. The van der Waals surface area contributed by atoms with Gasteiger partial charge in [-0.3, -0.25) is 9.59 Å². The Hall–Kier alpha value is -3.78. The third-order valence-electron chi connectivity index (χ3n) is 5.21. The molecule has 0 unspecified atom stereocenters. The normalized spacial score (nSPS) is 11.5. The Bertz CT molecular complexity index is 1420. The number of halogens is 1. The molecule has 0 aliphatic rings. The smallest absolute Gasteiger partial charge is 0.287 e. The molecule has 2 aromatic carbocycles. The largest absolute Gasteiger partial charge is 0.485 e. The van der Waals surface area contributed by atoms with Crippen LogP contribution in [0.5, 0.6) is 11.5 Å². The van der Waals surface area contributed by atoms with Gasteiger partial charge in [0.15, 0.2) is 12.3 Å². The van der Waals surface area contributed by atoms with E-state index in [1.54, 1.807) is 31.2 Å². The highest BCUT2D eigenvalue weighted by atomic mass is 35.5. The van der Waals surface area contributed by atoms with Crippen LogP contribution in [-0.4, -0.2) is 22.1 Å². The molecule has 35 heavy (non-hydrogen) atoms. The molecule has 0 saturated carbocycles. The van der Waals surface area contributed by atoms with E-state index in [1.807, 2.05) is 24.3 Å². The first-order valence-electron chi connectivity index (χ1n) is 11.0. The number of nitrogens with zero attached hydrogens (tertiary/aromatic N) is 2. The second-order valence-electron chi connectivity index (χ2n) is 9.12. The number of hydrogen-bond donors (Lipinski definition) is 1. The van der Waals surface area contributed by atoms with E-state index in [4.69, 9.17) is 25.6 Å². The summed E-state index contributed by atoms with van der Waals surface area (Å²) in [6.45, 7) is 7.95. The highest BCUT2D eigenvalue weighted by Crippen LogP contribution is 2.29. The van der Waals surface area contributed by atoms with Crippen molar-refractivity contribution < 1.29 is 18.8 Å². The lowest BCUT2D eigenvalue weighted by Gasteiger charge is -2.19. The van der Waals surface area contributed by atoms with Crippen molar-refractivity contribution in [2.24, 2.45) is 0 Å². The highest BCUT2D eigenvalue weighted by molar-refractivity contribution is 6.30. The lowest BCUT2D eigenvalue weighted by molar-refractivity contribution is -0.118. The number of anilines is 1. The van der Waals surface area contributed by atoms with E-state index in [1.165, 1.54) is 11.6 Å². The van der Waals surface area contributed by atoms with E-state index in [2.05, 4.69) is 31.1 Å². The van der Waals surface area contributed by atoms with Crippen LogP contribution in [-0.2, 0) is 16.8 Å². The number of fused-ring (bicyclic) bond motifs is 1. The summed E-state index contributed by atoms with van der Waals surface area (Å²) in [4.78, 5) is 29.1. The van der Waals surface area contributed by atoms with Crippen molar-refractivity contribution in [1.82, 2.24) is 9.56 Å². The molecule has 0 aliphatic heterocycles. The average molecular weight is 496 g/mol. The van der Waals surface area contributed by atoms with Crippen molar-refractivity contribution in [3.05, 3.63) is 87.0 Å². The molecule has 4 rings (SSSR count). The predicted molar refractivity (Wildman–Crippen MR) is 134 cm³/mol. The molecule has 0 radical (unpaired) electrons. The third-order valence-corrected chi connectivity index (χ3v) is 5.44. The Kier molecular flexibility index (Phi) is 6.84. The lowest BCUT2D eigenvalue weighted by atomic mass is 9.87. The van der Waals surface area contributed by atoms with E-state index in [9.17, 15) is 9.59 Å². The van der Waals surface area contributed by atoms with Crippen molar-refractivity contribution in [3.63, 3.8) is 0 Å². The predicted octanol–water partition coefficient (Wildman–Crippen LogP) is 5.14. The molecule has 0 aliphatic carbocycles. The average Bonchev–Trinajstić information content (AvgIpc) is 3.18. The number of aryl methyl sites for hydroxylation is 1. The van der Waals surface area contributed by atoms with Crippen LogP contribution in [0.25, 0.3) is 5.65 Å². The van der Waals surface area contributed by atoms with Crippen LogP contribution in [0.4, 0.5) is 5.69 Å². The number of nitrogens with one attached hydrogen (secondary N) is 1. The maximum Gasteiger partial charge on any atom is 0.287 e. The standard InChI is InChI=1S/C26H26ClN3O5/c1-16-11-23-28-19(13-25(32)30(23)35-16)14-34-22-12-18(27)7-10-21(22)29-24(31)15-33-20-8-5-17(6-9-20)26(2,3)4/h5-13H,14-15H2,1-4H3,(H,29,31). The minimum Gasteiger partial charge on any atom is -0.485 e. The Morgan fingerprint density at radius 2 is 1.83 bits per heavy atom. The summed E-state index contributed by atoms with van der Waals surface area (Å²) >= 11 is 6.13. The van der Waals surface area contributed by atoms with Gasteiger partial charge in [-0.25, -0.2) is 4.98 Å². The van der Waals surface area contributed by atoms with E-state index in [0.29, 0.717) is 39.3 Å². The Morgan fingerprint density at radius 1 is 1.09 bits per heavy atom. The summed E-state index contributed by atoms with van der Waals surface area (Å²) < 4.78 is 17.9. The highest BCUT2D eigenvalue weighted by Gasteiger charge is 2.14. The molecule has 8 nitrogen and oxygen atoms in total. The van der Waals surface area contributed by atoms with Crippen LogP contribution in [0.1, 0.15) is 37.8 Å². The van der Waals surface area contributed by atoms with Gasteiger partial charge in [0.05, 0.1) is 11.4 Å². The summed E-state index contributed by atoms with van der Waals surface area (Å²) in [7, 11) is 0. The molecule has 1 N–H and O–H groups in total. The number of rotatable bonds is 7. The van der Waals surface area contributed by atoms with Crippen LogP contribution in [0.2, 0.25) is 5.02 Å². The van der Waals surface area contributed by atoms with Crippen molar-refractivity contribution >= 4 is 28.8 Å². The van der Waals surface area contributed by atoms with Gasteiger partial charge in [0.1, 0.15) is 23.9 Å². The fourth-order valence-electron chi connectivity index (χ4n) is 3.40. The van der Waals surface area contributed by atoms with Crippen LogP contribution >= 0.6 is 11.6 Å². The zero-order valence-corrected chi connectivity index (χ0v) is 20.7. The molecule has 182 valence electrons. The number of aromatic nitrogens is 2. The molecular weight excluding hydrogens is 470 g/mol. The Labute approximate surface area is 207 Å². The number of ether oxygens (including phenoxy) is 2. The van der Waals surface area contributed by atoms with Crippen molar-refractivity contribution in [3.8, 4) is 11.5 Å². The monoisotopic (exact) mass is 495 g/mol. The molecule has 0 fully saturated rings. The molecule has 0 atom stereocenters. The second-order valence-corrected chi connectivity index (χ2v) is 9.56. The van der Waals surface area contributed by atoms with Gasteiger partial charge >= 0.3 is 0 Å². The quantitative estimate of drug-likeness (QED) is 0.381. The van der Waals surface area contributed by atoms with Crippen molar-refractivity contribution in [1.29, 1.82) is 0 Å². The lowest BCUT2D eigenvalue weighted by Crippen LogP contribution is -2.21. The number of carbonyl (C=O) groups is 1. The van der Waals surface area contributed by atoms with Gasteiger partial charge in [-0.15, -0.1) is 4.57 Å². The molecule has 1 amide bonds. The molecule has 0 spiro atoms. The zero-order valence-electron chi connectivity index (χ0n) is 19.9. The zero-order chi connectivity index (χ0) is 25.2. The number of carbonyl (C=O) groups excluding carboxylic acids is 1. The first-order chi connectivity index (χ1) is 16.6. The Balaban J connectivity index is 1.41. The van der Waals surface area contributed by atoms with Crippen LogP contribution in [0.15, 0.2) is 63.9 Å². The van der Waals surface area contributed by atoms with E-state index < -0.39 is 0 Å². The Morgan fingerprint density at radius 3 is 2.54 bits per heavy atom. The van der Waals surface area contributed by atoms with Gasteiger partial charge in [-0.1, -0.05) is 44.5 Å². The maximum absolute atomic E-state index is 12.5. The van der Waals surface area contributed by atoms with Crippen molar-refractivity contribution in [2.45, 2.75) is 39.7 Å². The van der Waals surface area contributed by atoms with Gasteiger partial charge in [-0.05, 0) is 42.2 Å². The van der Waals surface area contributed by atoms with Gasteiger partial charge in [0.2, 0.25) is 0 Å². The van der Waals surface area contributed by atoms with E-state index >= 15 is 0 Å². The molecule has 0 saturated heterocycles.